The van der Waals surface area contributed by atoms with Gasteiger partial charge in [0.05, 0.1) is 11.4 Å². The third-order valence-electron chi connectivity index (χ3n) is 12.6. The van der Waals surface area contributed by atoms with Crippen molar-refractivity contribution in [2.45, 2.75) is 0 Å². The zero-order valence-corrected chi connectivity index (χ0v) is 37.2. The van der Waals surface area contributed by atoms with Crippen LogP contribution < -0.4 is 14.7 Å². The number of fused-ring (bicyclic) bond motifs is 9. The molecule has 0 spiro atoms. The maximum Gasteiger partial charge on any atom is 0.137 e. The second-order valence-corrected chi connectivity index (χ2v) is 18.7. The molecule has 0 N–H and O–H groups in total. The van der Waals surface area contributed by atoms with Crippen molar-refractivity contribution < 1.29 is 4.42 Å². The van der Waals surface area contributed by atoms with E-state index < -0.39 is 0 Å². The van der Waals surface area contributed by atoms with E-state index >= 15 is 0 Å². The van der Waals surface area contributed by atoms with E-state index in [1.54, 1.807) is 0 Å². The number of para-hydroxylation sites is 5. The summed E-state index contributed by atoms with van der Waals surface area (Å²) in [4.78, 5) is 7.17. The number of hydrogen-bond acceptors (Lipinski definition) is 6. The van der Waals surface area contributed by atoms with Crippen LogP contribution >= 0.6 is 22.7 Å². The molecule has 3 aromatic heterocycles. The van der Waals surface area contributed by atoms with Crippen LogP contribution in [-0.2, 0) is 0 Å². The fourth-order valence-corrected chi connectivity index (χ4v) is 11.9. The van der Waals surface area contributed by atoms with E-state index in [0.29, 0.717) is 0 Å². The zero-order valence-electron chi connectivity index (χ0n) is 35.6. The number of furan rings is 1. The van der Waals surface area contributed by atoms with Crippen molar-refractivity contribution in [1.82, 2.24) is 0 Å². The minimum Gasteiger partial charge on any atom is -0.456 e. The molecule has 0 radical (unpaired) electrons. The fraction of sp³-hybridized carbons (Fsp3) is 0. The van der Waals surface area contributed by atoms with Crippen LogP contribution in [0.15, 0.2) is 241 Å². The van der Waals surface area contributed by atoms with E-state index in [4.69, 9.17) is 4.42 Å². The van der Waals surface area contributed by atoms with Crippen molar-refractivity contribution in [2.24, 2.45) is 0 Å². The van der Waals surface area contributed by atoms with Gasteiger partial charge in [-0.15, -0.1) is 22.7 Å². The van der Waals surface area contributed by atoms with Gasteiger partial charge in [-0.3, -0.25) is 0 Å². The third-order valence-corrected chi connectivity index (χ3v) is 14.9. The molecular weight excluding hydrogens is 843 g/mol. The summed E-state index contributed by atoms with van der Waals surface area (Å²) in [6.07, 6.45) is 0. The summed E-state index contributed by atoms with van der Waals surface area (Å²) in [5.41, 5.74) is 11.6. The van der Waals surface area contributed by atoms with Crippen LogP contribution in [0.2, 0.25) is 0 Å². The predicted molar refractivity (Wildman–Crippen MR) is 284 cm³/mol. The molecule has 13 aromatic rings. The summed E-state index contributed by atoms with van der Waals surface area (Å²) in [7, 11) is 0. The molecule has 13 rings (SSSR count). The van der Waals surface area contributed by atoms with E-state index in [1.807, 2.05) is 28.7 Å². The monoisotopic (exact) mass is 881 g/mol. The molecule has 0 saturated carbocycles. The van der Waals surface area contributed by atoms with E-state index in [-0.39, 0.29) is 0 Å². The number of benzene rings is 10. The summed E-state index contributed by atoms with van der Waals surface area (Å²) in [6.45, 7) is 0. The van der Waals surface area contributed by atoms with Crippen molar-refractivity contribution in [3.63, 3.8) is 0 Å². The summed E-state index contributed by atoms with van der Waals surface area (Å²) >= 11 is 3.68. The van der Waals surface area contributed by atoms with E-state index in [9.17, 15) is 0 Å². The van der Waals surface area contributed by atoms with Crippen LogP contribution in [-0.4, -0.2) is 0 Å². The Morgan fingerprint density at radius 3 is 1.15 bits per heavy atom. The Hall–Kier alpha value is -8.16. The maximum absolute atomic E-state index is 6.56. The number of rotatable bonds is 9. The van der Waals surface area contributed by atoms with Gasteiger partial charge in [-0.1, -0.05) is 103 Å². The summed E-state index contributed by atoms with van der Waals surface area (Å²) in [5.74, 6) is 0. The van der Waals surface area contributed by atoms with Gasteiger partial charge in [0.1, 0.15) is 11.2 Å². The number of anilines is 9. The molecule has 0 saturated heterocycles. The van der Waals surface area contributed by atoms with Crippen molar-refractivity contribution in [3.8, 4) is 0 Å². The average Bonchev–Trinajstić information content (AvgIpc) is 4.07. The smallest absolute Gasteiger partial charge is 0.137 e. The van der Waals surface area contributed by atoms with Gasteiger partial charge in [-0.25, -0.2) is 0 Å². The first-order valence-corrected chi connectivity index (χ1v) is 23.8. The maximum atomic E-state index is 6.56. The highest BCUT2D eigenvalue weighted by atomic mass is 32.1. The minimum atomic E-state index is 0.857. The zero-order chi connectivity index (χ0) is 43.6. The van der Waals surface area contributed by atoms with Gasteiger partial charge in [0.25, 0.3) is 0 Å². The molecule has 0 aliphatic rings. The number of thiophene rings is 2. The first-order valence-electron chi connectivity index (χ1n) is 22.2. The van der Waals surface area contributed by atoms with Crippen LogP contribution in [0.5, 0.6) is 0 Å². The van der Waals surface area contributed by atoms with Gasteiger partial charge in [-0.2, -0.15) is 0 Å². The van der Waals surface area contributed by atoms with E-state index in [1.165, 1.54) is 40.3 Å². The Labute approximate surface area is 389 Å². The number of hydrogen-bond donors (Lipinski definition) is 0. The summed E-state index contributed by atoms with van der Waals surface area (Å²) in [6, 6.07) is 85.1. The van der Waals surface area contributed by atoms with Crippen molar-refractivity contribution >= 4 is 136 Å². The van der Waals surface area contributed by atoms with Gasteiger partial charge >= 0.3 is 0 Å². The third kappa shape index (κ3) is 6.41. The van der Waals surface area contributed by atoms with Gasteiger partial charge in [0.2, 0.25) is 0 Å². The molecule has 0 amide bonds. The molecule has 0 unspecified atom stereocenters. The lowest BCUT2D eigenvalue weighted by Crippen LogP contribution is -2.11. The number of nitrogens with zero attached hydrogens (tertiary/aromatic N) is 3. The largest absolute Gasteiger partial charge is 0.456 e. The lowest BCUT2D eigenvalue weighted by molar-refractivity contribution is 0.669. The molecule has 0 bridgehead atoms. The molecule has 0 fully saturated rings. The van der Waals surface area contributed by atoms with Crippen LogP contribution in [0.3, 0.4) is 0 Å². The Bertz CT molecular complexity index is 3620. The Morgan fingerprint density at radius 2 is 0.667 bits per heavy atom. The van der Waals surface area contributed by atoms with Crippen LogP contribution in [0, 0.1) is 0 Å². The first-order chi connectivity index (χ1) is 32.7. The van der Waals surface area contributed by atoms with Crippen LogP contribution in [0.4, 0.5) is 51.2 Å². The molecule has 0 aliphatic heterocycles. The molecule has 4 nitrogen and oxygen atoms in total. The molecule has 312 valence electrons. The Balaban J connectivity index is 1.05. The van der Waals surface area contributed by atoms with Gasteiger partial charge in [0, 0.05) is 97.0 Å². The highest BCUT2D eigenvalue weighted by molar-refractivity contribution is 7.26. The van der Waals surface area contributed by atoms with E-state index in [2.05, 4.69) is 245 Å². The van der Waals surface area contributed by atoms with Crippen LogP contribution in [0.25, 0.3) is 62.3 Å². The molecule has 0 aliphatic carbocycles. The topological polar surface area (TPSA) is 22.9 Å². The summed E-state index contributed by atoms with van der Waals surface area (Å²) in [5, 5.41) is 7.09. The Kier molecular flexibility index (Phi) is 9.18. The second kappa shape index (κ2) is 15.8. The molecule has 66 heavy (non-hydrogen) atoms. The Morgan fingerprint density at radius 1 is 0.258 bits per heavy atom. The van der Waals surface area contributed by atoms with Gasteiger partial charge in [0.15, 0.2) is 0 Å². The molecule has 6 heteroatoms. The second-order valence-electron chi connectivity index (χ2n) is 16.5. The molecule has 3 heterocycles. The lowest BCUT2D eigenvalue weighted by atomic mass is 10.0. The first kappa shape index (κ1) is 38.3. The fourth-order valence-electron chi connectivity index (χ4n) is 9.71. The molecule has 10 aromatic carbocycles. The normalized spacial score (nSPS) is 11.6. The van der Waals surface area contributed by atoms with E-state index in [0.717, 1.165) is 73.1 Å². The average molecular weight is 882 g/mol. The van der Waals surface area contributed by atoms with Crippen molar-refractivity contribution in [2.75, 3.05) is 14.7 Å². The summed E-state index contributed by atoms with van der Waals surface area (Å²) < 4.78 is 11.5. The minimum absolute atomic E-state index is 0.857. The molecule has 0 atom stereocenters. The quantitative estimate of drug-likeness (QED) is 0.144. The van der Waals surface area contributed by atoms with Gasteiger partial charge in [-0.05, 0) is 127 Å². The standard InChI is InChI=1S/C60H39N3OS2/c1-5-17-40(18-6-1)62(41-19-7-2-8-20-41)51-26-15-29-57-59(51)49-37-44(32-35-55(49)65-57)61(46-31-34-48-47-25-13-14-28-53(47)64-54(48)39-46)45-33-36-56-50(38-45)60-52(27-16-30-58(60)66-56)63(42-21-9-3-10-22-42)43-23-11-4-12-24-43/h1-39H. The highest BCUT2D eigenvalue weighted by Gasteiger charge is 2.23. The van der Waals surface area contributed by atoms with Crippen LogP contribution in [0.1, 0.15) is 0 Å². The van der Waals surface area contributed by atoms with Crippen molar-refractivity contribution in [1.29, 1.82) is 0 Å². The SMILES string of the molecule is c1ccc(N(c2ccccc2)c2cccc3sc4ccc(N(c5ccc6c(c5)oc5ccccc56)c5ccc6sc7cccc(N(c8ccccc8)c8ccccc8)c7c6c5)cc4c23)cc1. The molecular formula is C60H39N3OS2. The van der Waals surface area contributed by atoms with Gasteiger partial charge < -0.3 is 19.1 Å². The highest BCUT2D eigenvalue weighted by Crippen LogP contribution is 2.50. The van der Waals surface area contributed by atoms with Crippen molar-refractivity contribution in [3.05, 3.63) is 237 Å². The lowest BCUT2D eigenvalue weighted by Gasteiger charge is -2.27. The predicted octanol–water partition coefficient (Wildman–Crippen LogP) is 18.7.